The SMILES string of the molecule is O=C(NCCc1c(F)cccc1OC(=O)N1C2CCC1CNC2)OCc1ccccc1. The van der Waals surface area contributed by atoms with E-state index in [1.54, 1.807) is 11.0 Å². The first-order valence-electron chi connectivity index (χ1n) is 10.5. The van der Waals surface area contributed by atoms with Crippen molar-refractivity contribution in [2.24, 2.45) is 0 Å². The molecule has 2 bridgehead atoms. The van der Waals surface area contributed by atoms with Crippen LogP contribution in [0.5, 0.6) is 5.75 Å². The van der Waals surface area contributed by atoms with Gasteiger partial charge in [0.05, 0.1) is 0 Å². The van der Waals surface area contributed by atoms with Gasteiger partial charge in [-0.2, -0.15) is 0 Å². The molecule has 2 amide bonds. The maximum Gasteiger partial charge on any atom is 0.415 e. The molecule has 164 valence electrons. The molecule has 0 aromatic heterocycles. The molecule has 2 aromatic rings. The summed E-state index contributed by atoms with van der Waals surface area (Å²) < 4.78 is 25.2. The van der Waals surface area contributed by atoms with Crippen LogP contribution in [-0.2, 0) is 17.8 Å². The van der Waals surface area contributed by atoms with Crippen LogP contribution in [0, 0.1) is 5.82 Å². The van der Waals surface area contributed by atoms with Gasteiger partial charge < -0.3 is 20.1 Å². The van der Waals surface area contributed by atoms with Gasteiger partial charge in [0.1, 0.15) is 18.2 Å². The van der Waals surface area contributed by atoms with E-state index in [4.69, 9.17) is 9.47 Å². The van der Waals surface area contributed by atoms with Crippen molar-refractivity contribution in [3.05, 3.63) is 65.5 Å². The minimum Gasteiger partial charge on any atom is -0.445 e. The van der Waals surface area contributed by atoms with Gasteiger partial charge in [-0.05, 0) is 37.0 Å². The summed E-state index contributed by atoms with van der Waals surface area (Å²) >= 11 is 0. The highest BCUT2D eigenvalue weighted by Crippen LogP contribution is 2.29. The molecule has 2 saturated heterocycles. The molecule has 0 radical (unpaired) electrons. The van der Waals surface area contributed by atoms with Crippen molar-refractivity contribution in [1.29, 1.82) is 0 Å². The molecule has 0 saturated carbocycles. The summed E-state index contributed by atoms with van der Waals surface area (Å²) in [6.45, 7) is 1.80. The Morgan fingerprint density at radius 2 is 1.81 bits per heavy atom. The number of nitrogens with zero attached hydrogens (tertiary/aromatic N) is 1. The molecular formula is C23H26FN3O4. The van der Waals surface area contributed by atoms with Crippen molar-refractivity contribution in [2.45, 2.75) is 38.0 Å². The van der Waals surface area contributed by atoms with E-state index in [1.165, 1.54) is 12.1 Å². The molecule has 2 unspecified atom stereocenters. The van der Waals surface area contributed by atoms with Crippen LogP contribution in [0.15, 0.2) is 48.5 Å². The van der Waals surface area contributed by atoms with E-state index in [-0.39, 0.29) is 43.0 Å². The number of carbonyl (C=O) groups is 2. The van der Waals surface area contributed by atoms with Crippen LogP contribution in [-0.4, -0.2) is 48.8 Å². The number of alkyl carbamates (subject to hydrolysis) is 1. The van der Waals surface area contributed by atoms with Gasteiger partial charge in [0.15, 0.2) is 0 Å². The Labute approximate surface area is 180 Å². The van der Waals surface area contributed by atoms with Crippen LogP contribution in [0.25, 0.3) is 0 Å². The third-order valence-corrected chi connectivity index (χ3v) is 5.72. The molecule has 8 heteroatoms. The Bertz CT molecular complexity index is 908. The quantitative estimate of drug-likeness (QED) is 0.740. The van der Waals surface area contributed by atoms with Gasteiger partial charge in [0.2, 0.25) is 0 Å². The topological polar surface area (TPSA) is 79.9 Å². The van der Waals surface area contributed by atoms with E-state index in [2.05, 4.69) is 10.6 Å². The van der Waals surface area contributed by atoms with Gasteiger partial charge in [0.25, 0.3) is 0 Å². The lowest BCUT2D eigenvalue weighted by Crippen LogP contribution is -2.55. The molecule has 2 N–H and O–H groups in total. The van der Waals surface area contributed by atoms with Crippen molar-refractivity contribution in [2.75, 3.05) is 19.6 Å². The van der Waals surface area contributed by atoms with Crippen molar-refractivity contribution in [3.63, 3.8) is 0 Å². The van der Waals surface area contributed by atoms with Gasteiger partial charge in [-0.1, -0.05) is 36.4 Å². The first kappa shape index (κ1) is 21.1. The van der Waals surface area contributed by atoms with Crippen LogP contribution in [0.1, 0.15) is 24.0 Å². The summed E-state index contributed by atoms with van der Waals surface area (Å²) in [4.78, 5) is 26.4. The van der Waals surface area contributed by atoms with Crippen molar-refractivity contribution < 1.29 is 23.5 Å². The number of benzene rings is 2. The van der Waals surface area contributed by atoms with Crippen LogP contribution in [0.3, 0.4) is 0 Å². The van der Waals surface area contributed by atoms with Crippen LogP contribution >= 0.6 is 0 Å². The molecule has 0 aliphatic carbocycles. The number of rotatable bonds is 6. The predicted octanol–water partition coefficient (Wildman–Crippen LogP) is 3.23. The van der Waals surface area contributed by atoms with Gasteiger partial charge in [0, 0.05) is 37.3 Å². The minimum absolute atomic E-state index is 0.115. The number of halogens is 1. The summed E-state index contributed by atoms with van der Waals surface area (Å²) in [5, 5.41) is 5.92. The summed E-state index contributed by atoms with van der Waals surface area (Å²) in [5.41, 5.74) is 1.13. The molecule has 31 heavy (non-hydrogen) atoms. The normalized spacial score (nSPS) is 19.7. The van der Waals surface area contributed by atoms with Crippen molar-refractivity contribution in [1.82, 2.24) is 15.5 Å². The minimum atomic E-state index is -0.587. The standard InChI is InChI=1S/C23H26FN3O4/c24-20-7-4-8-21(31-23(29)27-17-9-10-18(27)14-25-13-17)19(20)11-12-26-22(28)30-15-16-5-2-1-3-6-16/h1-8,17-18,25H,9-15H2,(H,26,28). The Morgan fingerprint density at radius 1 is 1.06 bits per heavy atom. The fourth-order valence-corrected chi connectivity index (χ4v) is 4.16. The molecule has 2 aliphatic rings. The number of fused-ring (bicyclic) bond motifs is 2. The molecular weight excluding hydrogens is 401 g/mol. The highest BCUT2D eigenvalue weighted by Gasteiger charge is 2.40. The van der Waals surface area contributed by atoms with Gasteiger partial charge >= 0.3 is 12.2 Å². The summed E-state index contributed by atoms with van der Waals surface area (Å²) in [6, 6.07) is 14.0. The van der Waals surface area contributed by atoms with E-state index in [9.17, 15) is 14.0 Å². The fourth-order valence-electron chi connectivity index (χ4n) is 4.16. The number of nitrogens with one attached hydrogen (secondary N) is 2. The fraction of sp³-hybridized carbons (Fsp3) is 0.391. The number of hydrogen-bond donors (Lipinski definition) is 2. The van der Waals surface area contributed by atoms with E-state index in [1.807, 2.05) is 30.3 Å². The zero-order valence-electron chi connectivity index (χ0n) is 17.2. The first-order valence-corrected chi connectivity index (χ1v) is 10.5. The molecule has 7 nitrogen and oxygen atoms in total. The molecule has 0 spiro atoms. The number of amides is 2. The summed E-state index contributed by atoms with van der Waals surface area (Å²) in [5.74, 6) is -0.296. The average molecular weight is 427 g/mol. The third-order valence-electron chi connectivity index (χ3n) is 5.72. The lowest BCUT2D eigenvalue weighted by atomic mass is 10.1. The largest absolute Gasteiger partial charge is 0.445 e. The number of piperazine rings is 1. The number of ether oxygens (including phenoxy) is 2. The maximum absolute atomic E-state index is 14.4. The van der Waals surface area contributed by atoms with Crippen LogP contribution < -0.4 is 15.4 Å². The average Bonchev–Trinajstić information content (AvgIpc) is 3.03. The van der Waals surface area contributed by atoms with E-state index >= 15 is 0 Å². The smallest absolute Gasteiger partial charge is 0.415 e. The highest BCUT2D eigenvalue weighted by molar-refractivity contribution is 5.72. The second kappa shape index (κ2) is 9.78. The molecule has 2 heterocycles. The molecule has 2 atom stereocenters. The van der Waals surface area contributed by atoms with Gasteiger partial charge in [-0.15, -0.1) is 0 Å². The summed E-state index contributed by atoms with van der Waals surface area (Å²) in [7, 11) is 0. The zero-order valence-corrected chi connectivity index (χ0v) is 17.2. The Morgan fingerprint density at radius 3 is 2.55 bits per heavy atom. The van der Waals surface area contributed by atoms with Crippen LogP contribution in [0.4, 0.5) is 14.0 Å². The van der Waals surface area contributed by atoms with Crippen molar-refractivity contribution in [3.8, 4) is 5.75 Å². The maximum atomic E-state index is 14.4. The number of carbonyl (C=O) groups excluding carboxylic acids is 2. The zero-order chi connectivity index (χ0) is 21.6. The lowest BCUT2D eigenvalue weighted by molar-refractivity contribution is 0.114. The number of hydrogen-bond acceptors (Lipinski definition) is 5. The second-order valence-corrected chi connectivity index (χ2v) is 7.77. The van der Waals surface area contributed by atoms with Crippen molar-refractivity contribution >= 4 is 12.2 Å². The van der Waals surface area contributed by atoms with Gasteiger partial charge in [-0.25, -0.2) is 14.0 Å². The second-order valence-electron chi connectivity index (χ2n) is 7.77. The van der Waals surface area contributed by atoms with E-state index in [0.717, 1.165) is 31.5 Å². The Hall–Kier alpha value is -3.13. The monoisotopic (exact) mass is 427 g/mol. The Kier molecular flexibility index (Phi) is 6.66. The van der Waals surface area contributed by atoms with Crippen LogP contribution in [0.2, 0.25) is 0 Å². The highest BCUT2D eigenvalue weighted by atomic mass is 19.1. The molecule has 2 aliphatic heterocycles. The molecule has 2 fully saturated rings. The first-order chi connectivity index (χ1) is 15.1. The lowest BCUT2D eigenvalue weighted by Gasteiger charge is -2.34. The van der Waals surface area contributed by atoms with E-state index in [0.29, 0.717) is 0 Å². The third kappa shape index (κ3) is 5.14. The van der Waals surface area contributed by atoms with Gasteiger partial charge in [-0.3, -0.25) is 4.90 Å². The summed E-state index contributed by atoms with van der Waals surface area (Å²) in [6.07, 6.45) is 1.02. The Balaban J connectivity index is 1.31. The molecule has 4 rings (SSSR count). The molecule has 2 aromatic carbocycles. The predicted molar refractivity (Wildman–Crippen MR) is 112 cm³/mol. The van der Waals surface area contributed by atoms with E-state index < -0.39 is 18.0 Å².